The zero-order chi connectivity index (χ0) is 20.7. The number of sulfonamides is 1. The Bertz CT molecular complexity index is 911. The Kier molecular flexibility index (Phi) is 7.42. The van der Waals surface area contributed by atoms with Crippen LogP contribution in [-0.2, 0) is 16.4 Å². The Morgan fingerprint density at radius 3 is 2.43 bits per heavy atom. The van der Waals surface area contributed by atoms with Gasteiger partial charge in [0.05, 0.1) is 18.4 Å². The molecule has 0 spiro atoms. The van der Waals surface area contributed by atoms with Crippen LogP contribution in [0.25, 0.3) is 0 Å². The largest absolute Gasteiger partial charge is 0.497 e. The van der Waals surface area contributed by atoms with Crippen molar-refractivity contribution < 1.29 is 23.1 Å². The number of hydrogen-bond acceptors (Lipinski definition) is 5. The van der Waals surface area contributed by atoms with Gasteiger partial charge in [-0.3, -0.25) is 0 Å². The third-order valence-corrected chi connectivity index (χ3v) is 6.00. The third-order valence-electron chi connectivity index (χ3n) is 4.37. The second-order valence-corrected chi connectivity index (χ2v) is 8.15. The lowest BCUT2D eigenvalue weighted by atomic mass is 10.1. The smallest absolute Gasteiger partial charge is 0.335 e. The average Bonchev–Trinajstić information content (AvgIpc) is 2.68. The lowest BCUT2D eigenvalue weighted by Crippen LogP contribution is -2.32. The molecular formula is C20H26N2O5S. The fraction of sp³-hybridized carbons (Fsp3) is 0.350. The van der Waals surface area contributed by atoms with Gasteiger partial charge in [-0.2, -0.15) is 0 Å². The van der Waals surface area contributed by atoms with E-state index < -0.39 is 16.0 Å². The Morgan fingerprint density at radius 2 is 1.86 bits per heavy atom. The molecule has 2 rings (SSSR count). The highest BCUT2D eigenvalue weighted by atomic mass is 32.2. The van der Waals surface area contributed by atoms with Crippen molar-refractivity contribution in [3.05, 3.63) is 53.6 Å². The van der Waals surface area contributed by atoms with Crippen LogP contribution in [0.5, 0.6) is 5.75 Å². The molecule has 0 saturated heterocycles. The molecule has 28 heavy (non-hydrogen) atoms. The first-order valence-electron chi connectivity index (χ1n) is 9.03. The van der Waals surface area contributed by atoms with E-state index >= 15 is 0 Å². The number of ether oxygens (including phenoxy) is 1. The van der Waals surface area contributed by atoms with Crippen LogP contribution in [0.3, 0.4) is 0 Å². The predicted octanol–water partition coefficient (Wildman–Crippen LogP) is 3.12. The number of rotatable bonds is 10. The number of methoxy groups -OCH3 is 1. The van der Waals surface area contributed by atoms with Crippen molar-refractivity contribution in [2.24, 2.45) is 0 Å². The fourth-order valence-electron chi connectivity index (χ4n) is 2.57. The summed E-state index contributed by atoms with van der Waals surface area (Å²) in [6, 6.07) is 11.4. The van der Waals surface area contributed by atoms with E-state index in [9.17, 15) is 18.3 Å². The summed E-state index contributed by atoms with van der Waals surface area (Å²) in [7, 11) is -2.25. The van der Waals surface area contributed by atoms with Crippen LogP contribution in [0.15, 0.2) is 47.4 Å². The number of hydrogen-bond donors (Lipinski definition) is 3. The third kappa shape index (κ3) is 5.71. The number of benzene rings is 2. The molecule has 0 fully saturated rings. The number of carbonyl (C=O) groups is 1. The van der Waals surface area contributed by atoms with E-state index in [1.54, 1.807) is 14.0 Å². The Hall–Kier alpha value is -2.58. The quantitative estimate of drug-likeness (QED) is 0.560. The Balaban J connectivity index is 2.21. The predicted molar refractivity (Wildman–Crippen MR) is 109 cm³/mol. The first-order chi connectivity index (χ1) is 13.3. The minimum Gasteiger partial charge on any atom is -0.497 e. The van der Waals surface area contributed by atoms with Gasteiger partial charge in [0.1, 0.15) is 10.6 Å². The van der Waals surface area contributed by atoms with E-state index in [0.717, 1.165) is 11.3 Å². The van der Waals surface area contributed by atoms with Gasteiger partial charge in [0.2, 0.25) is 10.0 Å². The Labute approximate surface area is 165 Å². The van der Waals surface area contributed by atoms with Crippen molar-refractivity contribution in [1.82, 2.24) is 4.72 Å². The van der Waals surface area contributed by atoms with Crippen molar-refractivity contribution in [1.29, 1.82) is 0 Å². The molecule has 3 N–H and O–H groups in total. The first kappa shape index (κ1) is 21.7. The van der Waals surface area contributed by atoms with Crippen molar-refractivity contribution in [3.8, 4) is 5.75 Å². The molecule has 0 aliphatic carbocycles. The van der Waals surface area contributed by atoms with Gasteiger partial charge in [-0.25, -0.2) is 17.9 Å². The van der Waals surface area contributed by atoms with Crippen molar-refractivity contribution in [2.75, 3.05) is 19.0 Å². The summed E-state index contributed by atoms with van der Waals surface area (Å²) in [6.45, 7) is 4.12. The molecule has 0 aromatic heterocycles. The zero-order valence-corrected chi connectivity index (χ0v) is 17.0. The highest BCUT2D eigenvalue weighted by Gasteiger charge is 2.22. The summed E-state index contributed by atoms with van der Waals surface area (Å²) in [5.74, 6) is -0.407. The van der Waals surface area contributed by atoms with Gasteiger partial charge < -0.3 is 15.2 Å². The second-order valence-electron chi connectivity index (χ2n) is 6.47. The lowest BCUT2D eigenvalue weighted by molar-refractivity contribution is 0.0696. The van der Waals surface area contributed by atoms with Gasteiger partial charge in [0, 0.05) is 12.6 Å². The standard InChI is InChI=1S/C20H26N2O5S/c1-4-14(2)22-28(25,26)19-13-16(20(23)24)7-10-18(19)21-12-11-15-5-8-17(27-3)9-6-15/h5-10,13-14,21-22H,4,11-12H2,1-3H3,(H,23,24)/t14-/m1/s1. The molecule has 8 heteroatoms. The topological polar surface area (TPSA) is 105 Å². The first-order valence-corrected chi connectivity index (χ1v) is 10.5. The van der Waals surface area contributed by atoms with Gasteiger partial charge in [0.25, 0.3) is 0 Å². The summed E-state index contributed by atoms with van der Waals surface area (Å²) in [6.07, 6.45) is 1.29. The van der Waals surface area contributed by atoms with Crippen molar-refractivity contribution in [3.63, 3.8) is 0 Å². The maximum Gasteiger partial charge on any atom is 0.335 e. The fourth-order valence-corrected chi connectivity index (χ4v) is 4.10. The number of nitrogens with one attached hydrogen (secondary N) is 2. The van der Waals surface area contributed by atoms with Crippen molar-refractivity contribution >= 4 is 21.7 Å². The Morgan fingerprint density at radius 1 is 1.18 bits per heavy atom. The van der Waals surface area contributed by atoms with Crippen LogP contribution in [0.4, 0.5) is 5.69 Å². The van der Waals surface area contributed by atoms with Crippen LogP contribution in [0.1, 0.15) is 36.2 Å². The maximum absolute atomic E-state index is 12.7. The van der Waals surface area contributed by atoms with Crippen LogP contribution < -0.4 is 14.8 Å². The molecule has 0 aliphatic heterocycles. The summed E-state index contributed by atoms with van der Waals surface area (Å²) in [5, 5.41) is 12.3. The van der Waals surface area contributed by atoms with E-state index in [2.05, 4.69) is 10.0 Å². The number of aromatic carboxylic acids is 1. The minimum absolute atomic E-state index is 0.0672. The number of carboxylic acid groups (broad SMARTS) is 1. The van der Waals surface area contributed by atoms with Crippen LogP contribution in [-0.4, -0.2) is 39.2 Å². The molecule has 152 valence electrons. The highest BCUT2D eigenvalue weighted by molar-refractivity contribution is 7.89. The molecule has 7 nitrogen and oxygen atoms in total. The summed E-state index contributed by atoms with van der Waals surface area (Å²) >= 11 is 0. The SMILES string of the molecule is CC[C@@H](C)NS(=O)(=O)c1cc(C(=O)O)ccc1NCCc1ccc(OC)cc1. The van der Waals surface area contributed by atoms with E-state index in [1.807, 2.05) is 31.2 Å². The number of anilines is 1. The summed E-state index contributed by atoms with van der Waals surface area (Å²) < 4.78 is 33.2. The number of carboxylic acids is 1. The van der Waals surface area contributed by atoms with Crippen molar-refractivity contribution in [2.45, 2.75) is 37.6 Å². The average molecular weight is 407 g/mol. The second kappa shape index (κ2) is 9.57. The normalized spacial score (nSPS) is 12.4. The monoisotopic (exact) mass is 406 g/mol. The minimum atomic E-state index is -3.85. The summed E-state index contributed by atoms with van der Waals surface area (Å²) in [4.78, 5) is 11.2. The molecule has 0 radical (unpaired) electrons. The zero-order valence-electron chi connectivity index (χ0n) is 16.2. The maximum atomic E-state index is 12.7. The van der Waals surface area contributed by atoms with Gasteiger partial charge in [-0.1, -0.05) is 19.1 Å². The molecule has 0 aliphatic rings. The highest BCUT2D eigenvalue weighted by Crippen LogP contribution is 2.24. The molecule has 1 atom stereocenters. The molecule has 0 unspecified atom stereocenters. The molecule has 2 aromatic carbocycles. The molecule has 0 saturated carbocycles. The molecule has 0 heterocycles. The van der Waals surface area contributed by atoms with Gasteiger partial charge in [0.15, 0.2) is 0 Å². The van der Waals surface area contributed by atoms with E-state index in [0.29, 0.717) is 25.1 Å². The van der Waals surface area contributed by atoms with E-state index in [-0.39, 0.29) is 16.5 Å². The van der Waals surface area contributed by atoms with E-state index in [1.165, 1.54) is 18.2 Å². The van der Waals surface area contributed by atoms with Crippen LogP contribution in [0.2, 0.25) is 0 Å². The van der Waals surface area contributed by atoms with Crippen LogP contribution >= 0.6 is 0 Å². The lowest BCUT2D eigenvalue weighted by Gasteiger charge is -2.17. The molecular weight excluding hydrogens is 380 g/mol. The molecule has 0 bridgehead atoms. The van der Waals surface area contributed by atoms with Gasteiger partial charge >= 0.3 is 5.97 Å². The molecule has 0 amide bonds. The van der Waals surface area contributed by atoms with E-state index in [4.69, 9.17) is 4.74 Å². The summed E-state index contributed by atoms with van der Waals surface area (Å²) in [5.41, 5.74) is 1.36. The van der Waals surface area contributed by atoms with Gasteiger partial charge in [-0.15, -0.1) is 0 Å². The van der Waals surface area contributed by atoms with Crippen LogP contribution in [0, 0.1) is 0 Å². The molecule has 2 aromatic rings. The van der Waals surface area contributed by atoms with Gasteiger partial charge in [-0.05, 0) is 55.7 Å².